The van der Waals surface area contributed by atoms with Gasteiger partial charge in [0, 0.05) is 6.42 Å². The molecule has 0 saturated carbocycles. The Labute approximate surface area is 169 Å². The van der Waals surface area contributed by atoms with Crippen molar-refractivity contribution in [2.75, 3.05) is 13.7 Å². The molecule has 0 aromatic heterocycles. The van der Waals surface area contributed by atoms with E-state index in [9.17, 15) is 4.79 Å². The molecule has 0 aliphatic heterocycles. The van der Waals surface area contributed by atoms with Gasteiger partial charge in [0.05, 0.1) is 19.8 Å². The molecule has 1 N–H and O–H groups in total. The Morgan fingerprint density at radius 1 is 1.04 bits per heavy atom. The second-order valence-corrected chi connectivity index (χ2v) is 7.66. The van der Waals surface area contributed by atoms with Crippen molar-refractivity contribution in [3.63, 3.8) is 0 Å². The van der Waals surface area contributed by atoms with Gasteiger partial charge in [0.25, 0.3) is 0 Å². The molecule has 1 atom stereocenters. The van der Waals surface area contributed by atoms with E-state index in [0.29, 0.717) is 25.4 Å². The molecule has 4 nitrogen and oxygen atoms in total. The Balaban J connectivity index is 1.87. The second-order valence-electron chi connectivity index (χ2n) is 7.66. The van der Waals surface area contributed by atoms with Crippen LogP contribution < -0.4 is 14.8 Å². The lowest BCUT2D eigenvalue weighted by Gasteiger charge is -2.21. The van der Waals surface area contributed by atoms with Crippen LogP contribution in [0.15, 0.2) is 36.4 Å². The van der Waals surface area contributed by atoms with Crippen LogP contribution in [0.1, 0.15) is 67.8 Å². The van der Waals surface area contributed by atoms with Crippen molar-refractivity contribution in [3.8, 4) is 11.5 Å². The summed E-state index contributed by atoms with van der Waals surface area (Å²) < 4.78 is 11.2. The molecule has 0 aliphatic rings. The lowest BCUT2D eigenvalue weighted by Crippen LogP contribution is -2.27. The van der Waals surface area contributed by atoms with E-state index < -0.39 is 0 Å². The highest BCUT2D eigenvalue weighted by molar-refractivity contribution is 5.76. The van der Waals surface area contributed by atoms with Crippen molar-refractivity contribution in [2.24, 2.45) is 0 Å². The number of aryl methyl sites for hydroxylation is 2. The molecule has 0 heterocycles. The molecule has 2 aromatic carbocycles. The van der Waals surface area contributed by atoms with E-state index in [4.69, 9.17) is 9.47 Å². The van der Waals surface area contributed by atoms with Crippen molar-refractivity contribution in [1.29, 1.82) is 0 Å². The largest absolute Gasteiger partial charge is 0.496 e. The average molecular weight is 384 g/mol. The summed E-state index contributed by atoms with van der Waals surface area (Å²) in [5, 5.41) is 3.11. The SMILES string of the molecule is COc1cc(C)c(C(C)NC(=O)CCCOc2ccc(C)cc2)cc1C(C)C. The smallest absolute Gasteiger partial charge is 0.220 e. The highest BCUT2D eigenvalue weighted by Gasteiger charge is 2.16. The first-order valence-electron chi connectivity index (χ1n) is 9.99. The van der Waals surface area contributed by atoms with Gasteiger partial charge in [0.1, 0.15) is 11.5 Å². The van der Waals surface area contributed by atoms with Crippen molar-refractivity contribution in [3.05, 3.63) is 58.7 Å². The van der Waals surface area contributed by atoms with E-state index >= 15 is 0 Å². The van der Waals surface area contributed by atoms with Gasteiger partial charge < -0.3 is 14.8 Å². The summed E-state index contributed by atoms with van der Waals surface area (Å²) in [5.41, 5.74) is 4.62. The first-order valence-corrected chi connectivity index (χ1v) is 9.99. The van der Waals surface area contributed by atoms with Crippen LogP contribution in [0.5, 0.6) is 11.5 Å². The van der Waals surface area contributed by atoms with E-state index in [-0.39, 0.29) is 11.9 Å². The number of hydrogen-bond donors (Lipinski definition) is 1. The first kappa shape index (κ1) is 21.8. The number of carbonyl (C=O) groups excluding carboxylic acids is 1. The molecule has 0 spiro atoms. The number of nitrogens with one attached hydrogen (secondary N) is 1. The Bertz CT molecular complexity index is 781. The van der Waals surface area contributed by atoms with Gasteiger partial charge in [-0.3, -0.25) is 4.79 Å². The average Bonchev–Trinajstić information content (AvgIpc) is 2.65. The van der Waals surface area contributed by atoms with Gasteiger partial charge in [-0.25, -0.2) is 0 Å². The predicted octanol–water partition coefficient (Wildman–Crippen LogP) is 5.47. The molecular formula is C24H33NO3. The Morgan fingerprint density at radius 2 is 1.71 bits per heavy atom. The standard InChI is InChI=1S/C24H33NO3/c1-16(2)21-15-22(18(4)14-23(21)27-6)19(5)25-24(26)8-7-13-28-20-11-9-17(3)10-12-20/h9-12,14-16,19H,7-8,13H2,1-6H3,(H,25,26). The molecule has 1 unspecified atom stereocenters. The minimum absolute atomic E-state index is 0.0429. The summed E-state index contributed by atoms with van der Waals surface area (Å²) in [4.78, 5) is 12.3. The Kier molecular flexibility index (Phi) is 7.91. The van der Waals surface area contributed by atoms with E-state index in [1.54, 1.807) is 7.11 Å². The number of benzene rings is 2. The van der Waals surface area contributed by atoms with Crippen LogP contribution in [-0.4, -0.2) is 19.6 Å². The lowest BCUT2D eigenvalue weighted by molar-refractivity contribution is -0.121. The Morgan fingerprint density at radius 3 is 2.32 bits per heavy atom. The molecule has 1 amide bonds. The summed E-state index contributed by atoms with van der Waals surface area (Å²) in [6, 6.07) is 12.1. The third-order valence-corrected chi connectivity index (χ3v) is 4.92. The maximum absolute atomic E-state index is 12.3. The molecule has 0 saturated heterocycles. The van der Waals surface area contributed by atoms with Crippen molar-refractivity contribution in [2.45, 2.75) is 59.4 Å². The monoisotopic (exact) mass is 383 g/mol. The minimum atomic E-state index is -0.0473. The predicted molar refractivity (Wildman–Crippen MR) is 114 cm³/mol. The number of rotatable bonds is 9. The second kappa shape index (κ2) is 10.2. The van der Waals surface area contributed by atoms with E-state index in [1.807, 2.05) is 38.1 Å². The van der Waals surface area contributed by atoms with Crippen molar-refractivity contribution >= 4 is 5.91 Å². The zero-order valence-electron chi connectivity index (χ0n) is 18.0. The Hall–Kier alpha value is -2.49. The van der Waals surface area contributed by atoms with Crippen LogP contribution in [0.25, 0.3) is 0 Å². The van der Waals surface area contributed by atoms with Gasteiger partial charge >= 0.3 is 0 Å². The number of carbonyl (C=O) groups is 1. The number of amides is 1. The van der Waals surface area contributed by atoms with Gasteiger partial charge in [-0.1, -0.05) is 31.5 Å². The van der Waals surface area contributed by atoms with Crippen LogP contribution in [0.2, 0.25) is 0 Å². The summed E-state index contributed by atoms with van der Waals surface area (Å²) in [5.74, 6) is 2.15. The fourth-order valence-corrected chi connectivity index (χ4v) is 3.26. The molecule has 0 fully saturated rings. The molecule has 4 heteroatoms. The van der Waals surface area contributed by atoms with Crippen LogP contribution in [-0.2, 0) is 4.79 Å². The summed E-state index contributed by atoms with van der Waals surface area (Å²) in [6.07, 6.45) is 1.13. The third kappa shape index (κ3) is 6.01. The number of hydrogen-bond acceptors (Lipinski definition) is 3. The van der Waals surface area contributed by atoms with E-state index in [1.165, 1.54) is 5.56 Å². The van der Waals surface area contributed by atoms with Gasteiger partial charge in [-0.05, 0) is 74.1 Å². The fraction of sp³-hybridized carbons (Fsp3) is 0.458. The first-order chi connectivity index (χ1) is 13.3. The highest BCUT2D eigenvalue weighted by atomic mass is 16.5. The highest BCUT2D eigenvalue weighted by Crippen LogP contribution is 2.32. The fourth-order valence-electron chi connectivity index (χ4n) is 3.26. The number of ether oxygens (including phenoxy) is 2. The quantitative estimate of drug-likeness (QED) is 0.584. The van der Waals surface area contributed by atoms with Gasteiger partial charge in [-0.15, -0.1) is 0 Å². The van der Waals surface area contributed by atoms with E-state index in [2.05, 4.69) is 38.2 Å². The molecular weight excluding hydrogens is 350 g/mol. The molecule has 28 heavy (non-hydrogen) atoms. The third-order valence-electron chi connectivity index (χ3n) is 4.92. The minimum Gasteiger partial charge on any atom is -0.496 e. The zero-order valence-corrected chi connectivity index (χ0v) is 18.0. The summed E-state index contributed by atoms with van der Waals surface area (Å²) >= 11 is 0. The lowest BCUT2D eigenvalue weighted by atomic mass is 9.93. The van der Waals surface area contributed by atoms with Gasteiger partial charge in [0.15, 0.2) is 0 Å². The number of methoxy groups -OCH3 is 1. The summed E-state index contributed by atoms with van der Waals surface area (Å²) in [6.45, 7) is 11.0. The topological polar surface area (TPSA) is 47.6 Å². The molecule has 2 aromatic rings. The maximum atomic E-state index is 12.3. The van der Waals surface area contributed by atoms with Gasteiger partial charge in [-0.2, -0.15) is 0 Å². The van der Waals surface area contributed by atoms with Crippen LogP contribution >= 0.6 is 0 Å². The normalized spacial score (nSPS) is 12.0. The van der Waals surface area contributed by atoms with E-state index in [0.717, 1.165) is 28.2 Å². The molecule has 0 aliphatic carbocycles. The van der Waals surface area contributed by atoms with Crippen LogP contribution in [0.4, 0.5) is 0 Å². The molecule has 2 rings (SSSR count). The van der Waals surface area contributed by atoms with Crippen molar-refractivity contribution < 1.29 is 14.3 Å². The summed E-state index contributed by atoms with van der Waals surface area (Å²) in [7, 11) is 1.70. The molecule has 0 bridgehead atoms. The van der Waals surface area contributed by atoms with Crippen molar-refractivity contribution in [1.82, 2.24) is 5.32 Å². The zero-order chi connectivity index (χ0) is 20.7. The van der Waals surface area contributed by atoms with Gasteiger partial charge in [0.2, 0.25) is 5.91 Å². The van der Waals surface area contributed by atoms with Crippen LogP contribution in [0.3, 0.4) is 0 Å². The molecule has 0 radical (unpaired) electrons. The molecule has 152 valence electrons. The maximum Gasteiger partial charge on any atom is 0.220 e. The van der Waals surface area contributed by atoms with Crippen LogP contribution in [0, 0.1) is 13.8 Å².